The number of aromatic nitrogens is 2. The average molecular weight is 348 g/mol. The minimum Gasteiger partial charge on any atom is -0.352 e. The van der Waals surface area contributed by atoms with Gasteiger partial charge in [-0.1, -0.05) is 72.7 Å². The van der Waals surface area contributed by atoms with Crippen LogP contribution in [-0.2, 0) is 4.79 Å². The molecule has 1 fully saturated rings. The second-order valence-electron chi connectivity index (χ2n) is 5.84. The Hall–Kier alpha value is -1.40. The molecule has 1 saturated carbocycles. The van der Waals surface area contributed by atoms with E-state index in [4.69, 9.17) is 0 Å². The van der Waals surface area contributed by atoms with Crippen molar-refractivity contribution < 1.29 is 4.79 Å². The van der Waals surface area contributed by atoms with E-state index in [-0.39, 0.29) is 11.2 Å². The van der Waals surface area contributed by atoms with Crippen LogP contribution in [0.25, 0.3) is 0 Å². The van der Waals surface area contributed by atoms with Crippen molar-refractivity contribution in [2.45, 2.75) is 54.7 Å². The van der Waals surface area contributed by atoms with Gasteiger partial charge in [0.15, 0.2) is 4.34 Å². The standard InChI is InChI=1S/C17H21N3OS2/c1-12-19-20-17(22-12)23-15(13-8-4-2-5-9-13)16(21)18-14-10-6-3-7-11-14/h2,4-5,8-9,14-15H,3,6-7,10-11H2,1H3,(H,18,21)/t15-/m0/s1. The second-order valence-corrected chi connectivity index (χ2v) is 8.37. The Balaban J connectivity index is 1.75. The first-order valence-corrected chi connectivity index (χ1v) is 9.74. The summed E-state index contributed by atoms with van der Waals surface area (Å²) in [7, 11) is 0. The van der Waals surface area contributed by atoms with Crippen LogP contribution in [0.3, 0.4) is 0 Å². The first-order valence-electron chi connectivity index (χ1n) is 8.04. The summed E-state index contributed by atoms with van der Waals surface area (Å²) in [6.45, 7) is 1.93. The van der Waals surface area contributed by atoms with Crippen LogP contribution in [-0.4, -0.2) is 22.1 Å². The molecule has 1 heterocycles. The third-order valence-electron chi connectivity index (χ3n) is 4.02. The predicted molar refractivity (Wildman–Crippen MR) is 94.7 cm³/mol. The summed E-state index contributed by atoms with van der Waals surface area (Å²) in [5.41, 5.74) is 1.01. The summed E-state index contributed by atoms with van der Waals surface area (Å²) < 4.78 is 0.843. The largest absolute Gasteiger partial charge is 0.352 e. The van der Waals surface area contributed by atoms with Gasteiger partial charge in [0.25, 0.3) is 0 Å². The van der Waals surface area contributed by atoms with Gasteiger partial charge in [-0.3, -0.25) is 4.79 Å². The molecule has 1 N–H and O–H groups in total. The highest BCUT2D eigenvalue weighted by molar-refractivity contribution is 8.01. The van der Waals surface area contributed by atoms with E-state index in [1.54, 1.807) is 0 Å². The van der Waals surface area contributed by atoms with Crippen molar-refractivity contribution in [2.24, 2.45) is 0 Å². The number of amides is 1. The molecular formula is C17H21N3OS2. The molecule has 0 unspecified atom stereocenters. The molecular weight excluding hydrogens is 326 g/mol. The lowest BCUT2D eigenvalue weighted by Crippen LogP contribution is -2.38. The third kappa shape index (κ3) is 4.54. The summed E-state index contributed by atoms with van der Waals surface area (Å²) in [5.74, 6) is 0.0842. The lowest BCUT2D eigenvalue weighted by atomic mass is 9.95. The van der Waals surface area contributed by atoms with Crippen LogP contribution in [0.1, 0.15) is 47.9 Å². The second kappa shape index (κ2) is 7.93. The summed E-state index contributed by atoms with van der Waals surface area (Å²) >= 11 is 3.03. The van der Waals surface area contributed by atoms with Crippen LogP contribution in [0.15, 0.2) is 34.7 Å². The number of hydrogen-bond acceptors (Lipinski definition) is 5. The summed E-state index contributed by atoms with van der Waals surface area (Å²) in [6, 6.07) is 10.3. The highest BCUT2D eigenvalue weighted by Crippen LogP contribution is 2.37. The lowest BCUT2D eigenvalue weighted by Gasteiger charge is -2.25. The number of rotatable bonds is 5. The van der Waals surface area contributed by atoms with Crippen molar-refractivity contribution >= 4 is 29.0 Å². The molecule has 0 bridgehead atoms. The van der Waals surface area contributed by atoms with E-state index < -0.39 is 0 Å². The molecule has 6 heteroatoms. The molecule has 1 aliphatic carbocycles. The summed E-state index contributed by atoms with van der Waals surface area (Å²) in [5, 5.41) is 12.1. The molecule has 0 aliphatic heterocycles. The Kier molecular flexibility index (Phi) is 5.67. The molecule has 4 nitrogen and oxygen atoms in total. The first-order chi connectivity index (χ1) is 11.2. The van der Waals surface area contributed by atoms with Crippen molar-refractivity contribution in [3.05, 3.63) is 40.9 Å². The van der Waals surface area contributed by atoms with Crippen LogP contribution in [0.2, 0.25) is 0 Å². The Morgan fingerprint density at radius 2 is 1.96 bits per heavy atom. The zero-order chi connectivity index (χ0) is 16.1. The highest BCUT2D eigenvalue weighted by Gasteiger charge is 2.26. The molecule has 1 atom stereocenters. The fourth-order valence-electron chi connectivity index (χ4n) is 2.85. The Morgan fingerprint density at radius 1 is 1.22 bits per heavy atom. The monoisotopic (exact) mass is 347 g/mol. The van der Waals surface area contributed by atoms with Crippen molar-refractivity contribution in [3.63, 3.8) is 0 Å². The quantitative estimate of drug-likeness (QED) is 0.826. The Morgan fingerprint density at radius 3 is 2.61 bits per heavy atom. The van der Waals surface area contributed by atoms with Gasteiger partial charge in [0.2, 0.25) is 5.91 Å². The van der Waals surface area contributed by atoms with E-state index in [0.29, 0.717) is 6.04 Å². The first kappa shape index (κ1) is 16.5. The van der Waals surface area contributed by atoms with Crippen LogP contribution < -0.4 is 5.32 Å². The molecule has 3 rings (SSSR count). The Bertz CT molecular complexity index is 638. The van der Waals surface area contributed by atoms with Crippen molar-refractivity contribution in [1.82, 2.24) is 15.5 Å². The van der Waals surface area contributed by atoms with Crippen molar-refractivity contribution in [1.29, 1.82) is 0 Å². The van der Waals surface area contributed by atoms with Crippen LogP contribution in [0.4, 0.5) is 0 Å². The number of thioether (sulfide) groups is 1. The van der Waals surface area contributed by atoms with E-state index >= 15 is 0 Å². The van der Waals surface area contributed by atoms with Crippen LogP contribution in [0.5, 0.6) is 0 Å². The molecule has 1 amide bonds. The van der Waals surface area contributed by atoms with Crippen LogP contribution >= 0.6 is 23.1 Å². The number of hydrogen-bond donors (Lipinski definition) is 1. The van der Waals surface area contributed by atoms with Gasteiger partial charge in [0.05, 0.1) is 0 Å². The van der Waals surface area contributed by atoms with Gasteiger partial charge in [-0.15, -0.1) is 10.2 Å². The predicted octanol–water partition coefficient (Wildman–Crippen LogP) is 4.13. The van der Waals surface area contributed by atoms with Crippen LogP contribution in [0, 0.1) is 6.92 Å². The maximum absolute atomic E-state index is 12.8. The zero-order valence-corrected chi connectivity index (χ0v) is 14.8. The van der Waals surface area contributed by atoms with Crippen molar-refractivity contribution in [3.8, 4) is 0 Å². The van der Waals surface area contributed by atoms with E-state index in [9.17, 15) is 4.79 Å². The topological polar surface area (TPSA) is 54.9 Å². The van der Waals surface area contributed by atoms with Gasteiger partial charge in [0, 0.05) is 6.04 Å². The third-order valence-corrected chi connectivity index (χ3v) is 6.20. The van der Waals surface area contributed by atoms with Crippen molar-refractivity contribution in [2.75, 3.05) is 0 Å². The molecule has 0 spiro atoms. The van der Waals surface area contributed by atoms with Gasteiger partial charge < -0.3 is 5.32 Å². The number of nitrogens with zero attached hydrogens (tertiary/aromatic N) is 2. The number of carbonyl (C=O) groups excluding carboxylic acids is 1. The number of nitrogens with one attached hydrogen (secondary N) is 1. The highest BCUT2D eigenvalue weighted by atomic mass is 32.2. The SMILES string of the molecule is Cc1nnc(S[C@H](C(=O)NC2CCCCC2)c2ccccc2)s1. The van der Waals surface area contributed by atoms with E-state index in [1.165, 1.54) is 42.4 Å². The minimum atomic E-state index is -0.273. The van der Waals surface area contributed by atoms with E-state index in [2.05, 4.69) is 15.5 Å². The van der Waals surface area contributed by atoms with Gasteiger partial charge in [-0.05, 0) is 25.3 Å². The maximum Gasteiger partial charge on any atom is 0.238 e. The average Bonchev–Trinajstić information content (AvgIpc) is 2.99. The molecule has 122 valence electrons. The zero-order valence-electron chi connectivity index (χ0n) is 13.2. The van der Waals surface area contributed by atoms with Gasteiger partial charge in [-0.25, -0.2) is 0 Å². The molecule has 2 aromatic rings. The minimum absolute atomic E-state index is 0.0842. The molecule has 23 heavy (non-hydrogen) atoms. The molecule has 1 aliphatic rings. The van der Waals surface area contributed by atoms with E-state index in [0.717, 1.165) is 27.8 Å². The molecule has 1 aromatic heterocycles. The van der Waals surface area contributed by atoms with Gasteiger partial charge in [-0.2, -0.15) is 0 Å². The van der Waals surface area contributed by atoms with Gasteiger partial charge >= 0.3 is 0 Å². The Labute approximate surface area is 145 Å². The fraction of sp³-hybridized carbons (Fsp3) is 0.471. The van der Waals surface area contributed by atoms with E-state index in [1.807, 2.05) is 37.3 Å². The normalized spacial score (nSPS) is 16.9. The number of carbonyl (C=O) groups is 1. The summed E-state index contributed by atoms with van der Waals surface area (Å²) in [4.78, 5) is 12.8. The molecule has 0 radical (unpaired) electrons. The molecule has 1 aromatic carbocycles. The molecule has 0 saturated heterocycles. The summed E-state index contributed by atoms with van der Waals surface area (Å²) in [6.07, 6.45) is 5.90. The lowest BCUT2D eigenvalue weighted by molar-refractivity contribution is -0.121. The van der Waals surface area contributed by atoms with Gasteiger partial charge in [0.1, 0.15) is 10.3 Å². The fourth-order valence-corrected chi connectivity index (χ4v) is 4.87. The number of benzene rings is 1. The maximum atomic E-state index is 12.8. The number of aryl methyl sites for hydroxylation is 1. The smallest absolute Gasteiger partial charge is 0.238 e.